The van der Waals surface area contributed by atoms with E-state index in [1.807, 2.05) is 30.2 Å². The molecule has 0 aliphatic carbocycles. The maximum atomic E-state index is 11.8. The fraction of sp³-hybridized carbons (Fsp3) is 0.562. The standard InChI is InChI=1S/C16H22N4O3/c1-12-9-20-14(17-12)3-4-15(18-20)23-10-13-5-7-19(8-6-13)16(21)11-22-2/h3-4,9,13H,5-8,10-11H2,1-2H3. The zero-order chi connectivity index (χ0) is 16.2. The van der Waals surface area contributed by atoms with Gasteiger partial charge in [0.25, 0.3) is 0 Å². The highest BCUT2D eigenvalue weighted by Crippen LogP contribution is 2.19. The number of rotatable bonds is 5. The van der Waals surface area contributed by atoms with Crippen LogP contribution in [0.4, 0.5) is 0 Å². The summed E-state index contributed by atoms with van der Waals surface area (Å²) >= 11 is 0. The SMILES string of the molecule is COCC(=O)N1CCC(COc2ccc3nc(C)cn3n2)CC1. The Morgan fingerprint density at radius 3 is 2.87 bits per heavy atom. The van der Waals surface area contributed by atoms with Crippen LogP contribution in [-0.4, -0.2) is 58.8 Å². The molecule has 1 aliphatic heterocycles. The van der Waals surface area contributed by atoms with Crippen molar-refractivity contribution in [2.24, 2.45) is 5.92 Å². The topological polar surface area (TPSA) is 69.0 Å². The van der Waals surface area contributed by atoms with E-state index in [1.165, 1.54) is 0 Å². The molecule has 0 atom stereocenters. The molecule has 0 unspecified atom stereocenters. The second-order valence-corrected chi connectivity index (χ2v) is 5.92. The zero-order valence-electron chi connectivity index (χ0n) is 13.6. The first-order valence-electron chi connectivity index (χ1n) is 7.88. The molecule has 23 heavy (non-hydrogen) atoms. The normalized spacial score (nSPS) is 16.0. The molecule has 7 heteroatoms. The predicted octanol–water partition coefficient (Wildman–Crippen LogP) is 1.30. The molecule has 3 rings (SSSR count). The van der Waals surface area contributed by atoms with Crippen LogP contribution in [0, 0.1) is 12.8 Å². The maximum absolute atomic E-state index is 11.8. The number of hydrogen-bond acceptors (Lipinski definition) is 5. The predicted molar refractivity (Wildman–Crippen MR) is 84.4 cm³/mol. The van der Waals surface area contributed by atoms with Crippen molar-refractivity contribution in [3.05, 3.63) is 24.0 Å². The Labute approximate surface area is 135 Å². The average molecular weight is 318 g/mol. The smallest absolute Gasteiger partial charge is 0.248 e. The van der Waals surface area contributed by atoms with Crippen molar-refractivity contribution >= 4 is 11.6 Å². The van der Waals surface area contributed by atoms with E-state index in [1.54, 1.807) is 11.6 Å². The van der Waals surface area contributed by atoms with Crippen molar-refractivity contribution in [1.29, 1.82) is 0 Å². The van der Waals surface area contributed by atoms with Gasteiger partial charge >= 0.3 is 0 Å². The van der Waals surface area contributed by atoms with E-state index >= 15 is 0 Å². The van der Waals surface area contributed by atoms with Gasteiger partial charge in [0.15, 0.2) is 5.65 Å². The quantitative estimate of drug-likeness (QED) is 0.831. The van der Waals surface area contributed by atoms with Gasteiger partial charge in [0.1, 0.15) is 6.61 Å². The van der Waals surface area contributed by atoms with Gasteiger partial charge in [-0.25, -0.2) is 9.50 Å². The molecule has 1 amide bonds. The highest BCUT2D eigenvalue weighted by molar-refractivity contribution is 5.77. The van der Waals surface area contributed by atoms with Crippen LogP contribution >= 0.6 is 0 Å². The van der Waals surface area contributed by atoms with Crippen LogP contribution in [0.15, 0.2) is 18.3 Å². The minimum Gasteiger partial charge on any atom is -0.476 e. The number of likely N-dealkylation sites (tertiary alicyclic amines) is 1. The number of fused-ring (bicyclic) bond motifs is 1. The molecule has 0 aromatic carbocycles. The Bertz CT molecular complexity index is 677. The minimum atomic E-state index is 0.0643. The first-order chi connectivity index (χ1) is 11.2. The average Bonchev–Trinajstić information content (AvgIpc) is 2.93. The number of ether oxygens (including phenoxy) is 2. The van der Waals surface area contributed by atoms with Gasteiger partial charge in [-0.2, -0.15) is 0 Å². The fourth-order valence-electron chi connectivity index (χ4n) is 2.83. The number of piperidine rings is 1. The van der Waals surface area contributed by atoms with Gasteiger partial charge in [0.05, 0.1) is 18.5 Å². The number of imidazole rings is 1. The summed E-state index contributed by atoms with van der Waals surface area (Å²) in [5, 5.41) is 4.40. The lowest BCUT2D eigenvalue weighted by Crippen LogP contribution is -2.41. The van der Waals surface area contributed by atoms with Crippen molar-refractivity contribution in [3.63, 3.8) is 0 Å². The van der Waals surface area contributed by atoms with Gasteiger partial charge in [0, 0.05) is 26.3 Å². The van der Waals surface area contributed by atoms with Gasteiger partial charge in [-0.15, -0.1) is 5.10 Å². The summed E-state index contributed by atoms with van der Waals surface area (Å²) in [5.41, 5.74) is 1.75. The van der Waals surface area contributed by atoms with E-state index in [9.17, 15) is 4.79 Å². The summed E-state index contributed by atoms with van der Waals surface area (Å²) in [6.07, 6.45) is 3.77. The number of amides is 1. The molecule has 1 saturated heterocycles. The minimum absolute atomic E-state index is 0.0643. The molecule has 0 N–H and O–H groups in total. The monoisotopic (exact) mass is 318 g/mol. The third-order valence-corrected chi connectivity index (χ3v) is 4.12. The highest BCUT2D eigenvalue weighted by atomic mass is 16.5. The first kappa shape index (κ1) is 15.7. The van der Waals surface area contributed by atoms with Crippen LogP contribution in [0.2, 0.25) is 0 Å². The number of carbonyl (C=O) groups is 1. The van der Waals surface area contributed by atoms with Crippen molar-refractivity contribution in [1.82, 2.24) is 19.5 Å². The molecule has 1 aliphatic rings. The summed E-state index contributed by atoms with van der Waals surface area (Å²) in [4.78, 5) is 18.0. The molecule has 7 nitrogen and oxygen atoms in total. The van der Waals surface area contributed by atoms with E-state index in [0.717, 1.165) is 37.3 Å². The van der Waals surface area contributed by atoms with Crippen LogP contribution in [0.3, 0.4) is 0 Å². The third kappa shape index (κ3) is 3.79. The molecule has 0 spiro atoms. The maximum Gasteiger partial charge on any atom is 0.248 e. The van der Waals surface area contributed by atoms with Gasteiger partial charge in [-0.05, 0) is 31.7 Å². The third-order valence-electron chi connectivity index (χ3n) is 4.12. The van der Waals surface area contributed by atoms with Crippen LogP contribution in [0.1, 0.15) is 18.5 Å². The van der Waals surface area contributed by atoms with E-state index in [4.69, 9.17) is 9.47 Å². The Hall–Kier alpha value is -2.15. The fourth-order valence-corrected chi connectivity index (χ4v) is 2.83. The first-order valence-corrected chi connectivity index (χ1v) is 7.88. The van der Waals surface area contributed by atoms with Crippen LogP contribution in [-0.2, 0) is 9.53 Å². The van der Waals surface area contributed by atoms with Crippen LogP contribution in [0.25, 0.3) is 5.65 Å². The Kier molecular flexibility index (Phi) is 4.76. The van der Waals surface area contributed by atoms with E-state index in [2.05, 4.69) is 10.1 Å². The van der Waals surface area contributed by atoms with Gasteiger partial charge in [-0.1, -0.05) is 0 Å². The lowest BCUT2D eigenvalue weighted by molar-refractivity contribution is -0.136. The lowest BCUT2D eigenvalue weighted by atomic mass is 9.98. The van der Waals surface area contributed by atoms with Gasteiger partial charge < -0.3 is 14.4 Å². The van der Waals surface area contributed by atoms with Crippen LogP contribution < -0.4 is 4.74 Å². The Balaban J connectivity index is 1.49. The number of nitrogens with zero attached hydrogens (tertiary/aromatic N) is 4. The van der Waals surface area contributed by atoms with E-state index in [0.29, 0.717) is 18.4 Å². The second kappa shape index (κ2) is 6.95. The molecule has 2 aromatic heterocycles. The number of carbonyl (C=O) groups excluding carboxylic acids is 1. The molecule has 3 heterocycles. The summed E-state index contributed by atoms with van der Waals surface area (Å²) in [6, 6.07) is 3.75. The number of aryl methyl sites for hydroxylation is 1. The largest absolute Gasteiger partial charge is 0.476 e. The molecular weight excluding hydrogens is 296 g/mol. The number of methoxy groups -OCH3 is 1. The second-order valence-electron chi connectivity index (χ2n) is 5.92. The number of hydrogen-bond donors (Lipinski definition) is 0. The summed E-state index contributed by atoms with van der Waals surface area (Å²) in [7, 11) is 1.55. The van der Waals surface area contributed by atoms with Crippen molar-refractivity contribution in [3.8, 4) is 5.88 Å². The molecule has 2 aromatic rings. The molecule has 0 saturated carbocycles. The molecule has 0 bridgehead atoms. The Morgan fingerprint density at radius 1 is 1.35 bits per heavy atom. The molecule has 1 fully saturated rings. The summed E-state index contributed by atoms with van der Waals surface area (Å²) in [5.74, 6) is 1.12. The summed E-state index contributed by atoms with van der Waals surface area (Å²) < 4.78 is 12.4. The lowest BCUT2D eigenvalue weighted by Gasteiger charge is -2.31. The summed E-state index contributed by atoms with van der Waals surface area (Å²) in [6.45, 7) is 4.26. The van der Waals surface area contributed by atoms with Crippen molar-refractivity contribution < 1.29 is 14.3 Å². The number of aromatic nitrogens is 3. The highest BCUT2D eigenvalue weighted by Gasteiger charge is 2.23. The van der Waals surface area contributed by atoms with E-state index < -0.39 is 0 Å². The Morgan fingerprint density at radius 2 is 2.13 bits per heavy atom. The van der Waals surface area contributed by atoms with Gasteiger partial charge in [-0.3, -0.25) is 4.79 Å². The zero-order valence-corrected chi connectivity index (χ0v) is 13.6. The molecule has 124 valence electrons. The van der Waals surface area contributed by atoms with Gasteiger partial charge in [0.2, 0.25) is 11.8 Å². The van der Waals surface area contributed by atoms with Crippen molar-refractivity contribution in [2.45, 2.75) is 19.8 Å². The van der Waals surface area contributed by atoms with E-state index in [-0.39, 0.29) is 12.5 Å². The molecule has 0 radical (unpaired) electrons. The van der Waals surface area contributed by atoms with Crippen LogP contribution in [0.5, 0.6) is 5.88 Å². The molecular formula is C16H22N4O3. The van der Waals surface area contributed by atoms with Crippen molar-refractivity contribution in [2.75, 3.05) is 33.4 Å².